The number of esters is 1. The molecule has 0 spiro atoms. The van der Waals surface area contributed by atoms with E-state index in [1.165, 1.54) is 7.11 Å². The summed E-state index contributed by atoms with van der Waals surface area (Å²) in [6, 6.07) is 5.08. The van der Waals surface area contributed by atoms with Gasteiger partial charge < -0.3 is 19.3 Å². The quantitative estimate of drug-likeness (QED) is 0.586. The van der Waals surface area contributed by atoms with E-state index in [0.717, 1.165) is 18.4 Å². The predicted molar refractivity (Wildman–Crippen MR) is 75.0 cm³/mol. The van der Waals surface area contributed by atoms with Crippen LogP contribution in [-0.4, -0.2) is 31.4 Å². The number of ether oxygens (including phenoxy) is 3. The third-order valence-corrected chi connectivity index (χ3v) is 2.78. The van der Waals surface area contributed by atoms with E-state index < -0.39 is 12.1 Å². The van der Waals surface area contributed by atoms with Gasteiger partial charge in [0.05, 0.1) is 19.8 Å². The summed E-state index contributed by atoms with van der Waals surface area (Å²) in [5.41, 5.74) is 0.722. The van der Waals surface area contributed by atoms with Gasteiger partial charge in [0.15, 0.2) is 18.1 Å². The Balaban J connectivity index is 2.57. The Morgan fingerprint density at radius 3 is 2.70 bits per heavy atom. The zero-order chi connectivity index (χ0) is 15.0. The maximum absolute atomic E-state index is 11.4. The maximum atomic E-state index is 11.4. The molecule has 0 aromatic heterocycles. The molecule has 0 aliphatic rings. The van der Waals surface area contributed by atoms with Crippen molar-refractivity contribution >= 4 is 5.97 Å². The van der Waals surface area contributed by atoms with Gasteiger partial charge in [-0.15, -0.1) is 0 Å². The first-order valence-electron chi connectivity index (χ1n) is 6.73. The fourth-order valence-corrected chi connectivity index (χ4v) is 1.57. The summed E-state index contributed by atoms with van der Waals surface area (Å²) in [4.78, 5) is 11.4. The standard InChI is InChI=1S/C15H22O5/c1-4-5-8-19-15(17)10-20-13-7-6-12(11(2)16)9-14(13)18-3/h6-7,9,11,16H,4-5,8,10H2,1-3H3. The van der Waals surface area contributed by atoms with Crippen molar-refractivity contribution in [2.24, 2.45) is 0 Å². The molecule has 0 saturated carbocycles. The first kappa shape index (κ1) is 16.3. The molecule has 1 N–H and O–H groups in total. The molecule has 1 aromatic carbocycles. The van der Waals surface area contributed by atoms with Crippen LogP contribution in [0, 0.1) is 0 Å². The van der Waals surface area contributed by atoms with Gasteiger partial charge >= 0.3 is 5.97 Å². The van der Waals surface area contributed by atoms with Crippen molar-refractivity contribution < 1.29 is 24.1 Å². The highest BCUT2D eigenvalue weighted by Gasteiger charge is 2.11. The van der Waals surface area contributed by atoms with Gasteiger partial charge in [0, 0.05) is 0 Å². The number of aliphatic hydroxyl groups is 1. The van der Waals surface area contributed by atoms with Crippen molar-refractivity contribution in [3.63, 3.8) is 0 Å². The lowest BCUT2D eigenvalue weighted by molar-refractivity contribution is -0.146. The Hall–Kier alpha value is -1.75. The second kappa shape index (κ2) is 8.43. The molecule has 0 aliphatic heterocycles. The fraction of sp³-hybridized carbons (Fsp3) is 0.533. The molecule has 0 radical (unpaired) electrons. The molecule has 1 unspecified atom stereocenters. The van der Waals surface area contributed by atoms with Gasteiger partial charge in [0.25, 0.3) is 0 Å². The Morgan fingerprint density at radius 1 is 1.35 bits per heavy atom. The molecule has 1 aromatic rings. The third-order valence-electron chi connectivity index (χ3n) is 2.78. The van der Waals surface area contributed by atoms with Crippen molar-refractivity contribution in [3.8, 4) is 11.5 Å². The molecule has 5 heteroatoms. The summed E-state index contributed by atoms with van der Waals surface area (Å²) in [5.74, 6) is 0.522. The Kier molecular flexibility index (Phi) is 6.87. The molecule has 0 heterocycles. The van der Waals surface area contributed by atoms with Gasteiger partial charge in [-0.1, -0.05) is 19.4 Å². The van der Waals surface area contributed by atoms with E-state index in [1.807, 2.05) is 6.92 Å². The summed E-state index contributed by atoms with van der Waals surface area (Å²) >= 11 is 0. The highest BCUT2D eigenvalue weighted by atomic mass is 16.6. The van der Waals surface area contributed by atoms with Gasteiger partial charge in [0.1, 0.15) is 0 Å². The number of unbranched alkanes of at least 4 members (excludes halogenated alkanes) is 1. The normalized spacial score (nSPS) is 11.8. The summed E-state index contributed by atoms with van der Waals surface area (Å²) in [5, 5.41) is 9.50. The monoisotopic (exact) mass is 282 g/mol. The molecule has 20 heavy (non-hydrogen) atoms. The van der Waals surface area contributed by atoms with Crippen molar-refractivity contribution in [1.82, 2.24) is 0 Å². The number of carbonyl (C=O) groups excluding carboxylic acids is 1. The van der Waals surface area contributed by atoms with Crippen molar-refractivity contribution in [2.45, 2.75) is 32.8 Å². The number of benzene rings is 1. The van der Waals surface area contributed by atoms with Crippen LogP contribution in [0.1, 0.15) is 38.4 Å². The Labute approximate surface area is 119 Å². The highest BCUT2D eigenvalue weighted by molar-refractivity contribution is 5.71. The summed E-state index contributed by atoms with van der Waals surface area (Å²) in [7, 11) is 1.51. The summed E-state index contributed by atoms with van der Waals surface area (Å²) in [6.07, 6.45) is 1.23. The lowest BCUT2D eigenvalue weighted by atomic mass is 10.1. The van der Waals surface area contributed by atoms with Crippen LogP contribution in [0.15, 0.2) is 18.2 Å². The molecule has 112 valence electrons. The van der Waals surface area contributed by atoms with Crippen LogP contribution in [0.2, 0.25) is 0 Å². The van der Waals surface area contributed by atoms with Crippen LogP contribution >= 0.6 is 0 Å². The highest BCUT2D eigenvalue weighted by Crippen LogP contribution is 2.30. The van der Waals surface area contributed by atoms with Crippen LogP contribution in [0.3, 0.4) is 0 Å². The van der Waals surface area contributed by atoms with E-state index in [-0.39, 0.29) is 6.61 Å². The second-order valence-corrected chi connectivity index (χ2v) is 4.45. The minimum absolute atomic E-state index is 0.159. The lowest BCUT2D eigenvalue weighted by Gasteiger charge is -2.13. The average Bonchev–Trinajstić information content (AvgIpc) is 2.45. The van der Waals surface area contributed by atoms with Crippen LogP contribution in [0.4, 0.5) is 0 Å². The second-order valence-electron chi connectivity index (χ2n) is 4.45. The molecule has 5 nitrogen and oxygen atoms in total. The first-order valence-corrected chi connectivity index (χ1v) is 6.73. The molecule has 0 aliphatic carbocycles. The van der Waals surface area contributed by atoms with Gasteiger partial charge in [-0.2, -0.15) is 0 Å². The third kappa shape index (κ3) is 5.09. The zero-order valence-corrected chi connectivity index (χ0v) is 12.2. The number of methoxy groups -OCH3 is 1. The van der Waals surface area contributed by atoms with Gasteiger partial charge in [-0.05, 0) is 31.0 Å². The predicted octanol–water partition coefficient (Wildman–Crippen LogP) is 2.47. The maximum Gasteiger partial charge on any atom is 0.344 e. The minimum Gasteiger partial charge on any atom is -0.493 e. The number of hydrogen-bond acceptors (Lipinski definition) is 5. The lowest BCUT2D eigenvalue weighted by Crippen LogP contribution is -2.15. The van der Waals surface area contributed by atoms with Crippen molar-refractivity contribution in [1.29, 1.82) is 0 Å². The summed E-state index contributed by atoms with van der Waals surface area (Å²) < 4.78 is 15.5. The average molecular weight is 282 g/mol. The minimum atomic E-state index is -0.586. The number of hydrogen-bond donors (Lipinski definition) is 1. The molecule has 0 saturated heterocycles. The largest absolute Gasteiger partial charge is 0.493 e. The number of rotatable bonds is 8. The summed E-state index contributed by atoms with van der Waals surface area (Å²) in [6.45, 7) is 3.95. The molecular weight excluding hydrogens is 260 g/mol. The Bertz CT molecular complexity index is 428. The van der Waals surface area contributed by atoms with E-state index >= 15 is 0 Å². The van der Waals surface area contributed by atoms with Gasteiger partial charge in [0.2, 0.25) is 0 Å². The van der Waals surface area contributed by atoms with Crippen LogP contribution < -0.4 is 9.47 Å². The van der Waals surface area contributed by atoms with E-state index in [9.17, 15) is 9.90 Å². The molecule has 0 fully saturated rings. The van der Waals surface area contributed by atoms with Crippen LogP contribution in [-0.2, 0) is 9.53 Å². The van der Waals surface area contributed by atoms with E-state index in [4.69, 9.17) is 14.2 Å². The van der Waals surface area contributed by atoms with E-state index in [1.54, 1.807) is 25.1 Å². The zero-order valence-electron chi connectivity index (χ0n) is 12.2. The Morgan fingerprint density at radius 2 is 2.10 bits per heavy atom. The topological polar surface area (TPSA) is 65.0 Å². The van der Waals surface area contributed by atoms with Gasteiger partial charge in [-0.25, -0.2) is 4.79 Å². The SMILES string of the molecule is CCCCOC(=O)COc1ccc(C(C)O)cc1OC. The smallest absolute Gasteiger partial charge is 0.344 e. The molecule has 1 rings (SSSR count). The number of aliphatic hydroxyl groups excluding tert-OH is 1. The first-order chi connectivity index (χ1) is 9.58. The van der Waals surface area contributed by atoms with Crippen molar-refractivity contribution in [2.75, 3.05) is 20.3 Å². The molecule has 0 bridgehead atoms. The molecule has 1 atom stereocenters. The van der Waals surface area contributed by atoms with E-state index in [2.05, 4.69) is 0 Å². The molecule has 0 amide bonds. The van der Waals surface area contributed by atoms with Crippen LogP contribution in [0.25, 0.3) is 0 Å². The van der Waals surface area contributed by atoms with Crippen LogP contribution in [0.5, 0.6) is 11.5 Å². The fourth-order valence-electron chi connectivity index (χ4n) is 1.57. The van der Waals surface area contributed by atoms with Crippen molar-refractivity contribution in [3.05, 3.63) is 23.8 Å². The molecular formula is C15H22O5. The van der Waals surface area contributed by atoms with E-state index in [0.29, 0.717) is 18.1 Å². The van der Waals surface area contributed by atoms with Gasteiger partial charge in [-0.3, -0.25) is 0 Å². The number of carbonyl (C=O) groups is 1.